The van der Waals surface area contributed by atoms with E-state index in [4.69, 9.17) is 23.8 Å². The summed E-state index contributed by atoms with van der Waals surface area (Å²) in [6.07, 6.45) is 6.09. The van der Waals surface area contributed by atoms with Crippen LogP contribution in [0.15, 0.2) is 90.5 Å². The Bertz CT molecular complexity index is 2260. The average Bonchev–Trinajstić information content (AvgIpc) is 3.69. The lowest BCUT2D eigenvalue weighted by Gasteiger charge is -2.53. The number of rotatable bonds is 9. The number of esters is 1. The van der Waals surface area contributed by atoms with E-state index in [0.29, 0.717) is 42.7 Å². The summed E-state index contributed by atoms with van der Waals surface area (Å²) in [6, 6.07) is 26.0. The number of ether oxygens (including phenoxy) is 4. The number of carbonyl (C=O) groups is 3. The van der Waals surface area contributed by atoms with Crippen molar-refractivity contribution in [2.45, 2.75) is 133 Å². The van der Waals surface area contributed by atoms with Gasteiger partial charge in [-0.05, 0) is 80.2 Å². The van der Waals surface area contributed by atoms with Gasteiger partial charge in [0.2, 0.25) is 17.6 Å². The molecule has 3 aliphatic carbocycles. The van der Waals surface area contributed by atoms with Crippen LogP contribution in [0.5, 0.6) is 0 Å². The lowest BCUT2D eigenvalue weighted by Crippen LogP contribution is -2.70. The maximum atomic E-state index is 15.6. The molecular weight excluding hydrogens is 799 g/mol. The van der Waals surface area contributed by atoms with Crippen molar-refractivity contribution < 1.29 is 43.3 Å². The molecule has 5 saturated heterocycles. The highest BCUT2D eigenvalue weighted by Gasteiger charge is 2.77. The summed E-state index contributed by atoms with van der Waals surface area (Å²) in [5.41, 5.74) is 3.90. The molecule has 11 atom stereocenters. The maximum Gasteiger partial charge on any atom is 0.327 e. The summed E-state index contributed by atoms with van der Waals surface area (Å²) in [5, 5.41) is 13.9. The second-order valence-electron chi connectivity index (χ2n) is 20.3. The van der Waals surface area contributed by atoms with Gasteiger partial charge in [-0.1, -0.05) is 110 Å². The van der Waals surface area contributed by atoms with Gasteiger partial charge in [0.15, 0.2) is 6.04 Å². The number of hydrogen-bond donors (Lipinski definition) is 2. The number of carbonyl (C=O) groups excluding carboxylic acids is 3. The van der Waals surface area contributed by atoms with Crippen LogP contribution in [0.3, 0.4) is 0 Å². The molecule has 3 aromatic carbocycles. The smallest absolute Gasteiger partial charge is 0.327 e. The van der Waals surface area contributed by atoms with Crippen molar-refractivity contribution in [3.8, 4) is 0 Å². The molecular formula is C51H59N3O9. The number of fused-ring (bicyclic) bond motifs is 6. The van der Waals surface area contributed by atoms with Crippen molar-refractivity contribution in [3.63, 3.8) is 0 Å². The summed E-state index contributed by atoms with van der Waals surface area (Å²) in [6.45, 7) is 7.52. The Kier molecular flexibility index (Phi) is 10.1. The molecule has 5 heterocycles. The van der Waals surface area contributed by atoms with E-state index in [1.165, 1.54) is 18.4 Å². The summed E-state index contributed by atoms with van der Waals surface area (Å²) in [4.78, 5) is 52.5. The van der Waals surface area contributed by atoms with Crippen molar-refractivity contribution in [3.05, 3.63) is 113 Å². The number of aliphatic hydroxyl groups excluding tert-OH is 1. The first kappa shape index (κ1) is 41.3. The number of nitrogens with one attached hydrogen (secondary N) is 1. The van der Waals surface area contributed by atoms with Crippen LogP contribution in [0.1, 0.15) is 94.4 Å². The van der Waals surface area contributed by atoms with Crippen LogP contribution in [-0.2, 0) is 50.5 Å². The number of epoxide rings is 1. The highest BCUT2D eigenvalue weighted by Crippen LogP contribution is 2.61. The highest BCUT2D eigenvalue weighted by atomic mass is 16.8. The van der Waals surface area contributed by atoms with Gasteiger partial charge in [0, 0.05) is 30.6 Å². The molecule has 12 heteroatoms. The lowest BCUT2D eigenvalue weighted by molar-refractivity contribution is -0.214. The van der Waals surface area contributed by atoms with Gasteiger partial charge >= 0.3 is 5.97 Å². The van der Waals surface area contributed by atoms with Crippen LogP contribution < -0.4 is 5.32 Å². The molecule has 3 aromatic rings. The fourth-order valence-corrected chi connectivity index (χ4v) is 12.9. The molecule has 2 amide bonds. The Labute approximate surface area is 369 Å². The first-order valence-electron chi connectivity index (χ1n) is 23.2. The molecule has 0 spiro atoms. The molecule has 0 radical (unpaired) electrons. The summed E-state index contributed by atoms with van der Waals surface area (Å²) in [7, 11) is 0. The molecule has 12 nitrogen and oxygen atoms in total. The van der Waals surface area contributed by atoms with Crippen LogP contribution in [-0.4, -0.2) is 101 Å². The van der Waals surface area contributed by atoms with Crippen molar-refractivity contribution in [1.29, 1.82) is 0 Å². The van der Waals surface area contributed by atoms with E-state index in [1.54, 1.807) is 9.96 Å². The third-order valence-electron chi connectivity index (χ3n) is 16.1. The van der Waals surface area contributed by atoms with E-state index >= 15 is 4.79 Å². The highest BCUT2D eigenvalue weighted by molar-refractivity contribution is 5.96. The van der Waals surface area contributed by atoms with Gasteiger partial charge in [-0.2, -0.15) is 5.06 Å². The SMILES string of the molecule is CC1(C)CC2C(=Cc3cccc(CN4OC5C6OC(c7ccccc7)(c7ccccc7)OC6C6CC5(C(=O)N5CCCC5C(=O)NCCO)C4C(=O)O6)c3)CCC3OC3(C)CCC21. The molecule has 332 valence electrons. The quantitative estimate of drug-likeness (QED) is 0.193. The second kappa shape index (κ2) is 15.3. The summed E-state index contributed by atoms with van der Waals surface area (Å²) >= 11 is 0. The topological polar surface area (TPSA) is 139 Å². The van der Waals surface area contributed by atoms with Gasteiger partial charge in [0.25, 0.3) is 0 Å². The largest absolute Gasteiger partial charge is 0.458 e. The molecule has 8 aliphatic rings. The molecule has 2 N–H and O–H groups in total. The molecule has 11 unspecified atom stereocenters. The van der Waals surface area contributed by atoms with Crippen molar-refractivity contribution in [1.82, 2.24) is 15.3 Å². The number of likely N-dealkylation sites (tertiary alicyclic amines) is 1. The zero-order valence-corrected chi connectivity index (χ0v) is 36.4. The zero-order valence-electron chi connectivity index (χ0n) is 36.4. The first-order valence-corrected chi connectivity index (χ1v) is 23.2. The number of benzene rings is 3. The average molecular weight is 858 g/mol. The first-order chi connectivity index (χ1) is 30.4. The Hall–Kier alpha value is -4.43. The van der Waals surface area contributed by atoms with Crippen molar-refractivity contribution in [2.75, 3.05) is 19.7 Å². The Morgan fingerprint density at radius 2 is 1.63 bits per heavy atom. The van der Waals surface area contributed by atoms with E-state index in [0.717, 1.165) is 41.5 Å². The number of hydroxylamine groups is 2. The van der Waals surface area contributed by atoms with Gasteiger partial charge in [-0.25, -0.2) is 0 Å². The lowest BCUT2D eigenvalue weighted by atomic mass is 9.52. The van der Waals surface area contributed by atoms with Crippen LogP contribution in [0, 0.1) is 22.7 Å². The molecule has 63 heavy (non-hydrogen) atoms. The molecule has 2 bridgehead atoms. The Morgan fingerprint density at radius 1 is 0.889 bits per heavy atom. The fraction of sp³-hybridized carbons (Fsp3) is 0.549. The zero-order chi connectivity index (χ0) is 43.3. The third kappa shape index (κ3) is 6.64. The minimum Gasteiger partial charge on any atom is -0.458 e. The van der Waals surface area contributed by atoms with Crippen LogP contribution in [0.4, 0.5) is 0 Å². The Balaban J connectivity index is 0.954. The number of allylic oxidation sites excluding steroid dienone is 1. The predicted octanol–water partition coefficient (Wildman–Crippen LogP) is 6.05. The van der Waals surface area contributed by atoms with Crippen molar-refractivity contribution in [2.24, 2.45) is 22.7 Å². The number of amides is 2. The standard InChI is InChI=1S/C51H59N3O9/c1-48(2)28-36-33(19-20-40-49(3,60-40)22-21-37(36)48)27-31-12-10-13-32(26-31)30-54-43-46(57)59-39-29-50(43,47(58)53-24-11-18-38(53)45(56)52-23-25-55)44(63-54)42-41(39)61-51(62-42,34-14-6-4-7-15-34)35-16-8-5-9-17-35/h4-10,12-17,26-27,36-44,55H,11,18-25,28-30H2,1-3H3,(H,52,56). The predicted molar refractivity (Wildman–Crippen MR) is 231 cm³/mol. The summed E-state index contributed by atoms with van der Waals surface area (Å²) in [5.74, 6) is -1.42. The Morgan fingerprint density at radius 3 is 2.37 bits per heavy atom. The van der Waals surface area contributed by atoms with Crippen molar-refractivity contribution >= 4 is 23.9 Å². The van der Waals surface area contributed by atoms with E-state index in [-0.39, 0.29) is 43.5 Å². The number of nitrogens with zero attached hydrogens (tertiary/aromatic N) is 2. The van der Waals surface area contributed by atoms with E-state index in [1.807, 2.05) is 66.7 Å². The molecule has 8 fully saturated rings. The van der Waals surface area contributed by atoms with Gasteiger partial charge in [-0.15, -0.1) is 0 Å². The fourth-order valence-electron chi connectivity index (χ4n) is 12.9. The van der Waals surface area contributed by atoms with Crippen LogP contribution in [0.2, 0.25) is 0 Å². The summed E-state index contributed by atoms with van der Waals surface area (Å²) < 4.78 is 26.9. The van der Waals surface area contributed by atoms with Gasteiger partial charge < -0.3 is 34.3 Å². The molecule has 11 rings (SSSR count). The molecule has 5 aliphatic heterocycles. The number of aliphatic hydroxyl groups is 1. The van der Waals surface area contributed by atoms with E-state index in [9.17, 15) is 14.7 Å². The van der Waals surface area contributed by atoms with E-state index < -0.39 is 53.7 Å². The van der Waals surface area contributed by atoms with Gasteiger partial charge in [-0.3, -0.25) is 19.2 Å². The normalized spacial score (nSPS) is 37.7. The minimum atomic E-state index is -1.45. The third-order valence-corrected chi connectivity index (χ3v) is 16.1. The second-order valence-corrected chi connectivity index (χ2v) is 20.3. The van der Waals surface area contributed by atoms with Crippen LogP contribution in [0.25, 0.3) is 6.08 Å². The van der Waals surface area contributed by atoms with Crippen LogP contribution >= 0.6 is 0 Å². The van der Waals surface area contributed by atoms with Gasteiger partial charge in [0.05, 0.1) is 24.9 Å². The molecule has 0 aromatic heterocycles. The van der Waals surface area contributed by atoms with E-state index in [2.05, 4.69) is 50.4 Å². The molecule has 3 saturated carbocycles. The number of hydrogen-bond acceptors (Lipinski definition) is 10. The monoisotopic (exact) mass is 857 g/mol. The minimum absolute atomic E-state index is 0.0137. The maximum absolute atomic E-state index is 15.6. The van der Waals surface area contributed by atoms with Gasteiger partial charge in [0.1, 0.15) is 35.9 Å².